The van der Waals surface area contributed by atoms with Gasteiger partial charge in [0.2, 0.25) is 0 Å². The minimum atomic E-state index is 0.0375. The second-order valence-corrected chi connectivity index (χ2v) is 4.07. The van der Waals surface area contributed by atoms with Crippen LogP contribution in [0.1, 0.15) is 12.0 Å². The molecular formula is C11H16N4O. The van der Waals surface area contributed by atoms with Crippen LogP contribution >= 0.6 is 0 Å². The molecule has 2 rings (SSSR count). The molecule has 4 N–H and O–H groups in total. The highest BCUT2D eigenvalue weighted by molar-refractivity contribution is 5.99. The van der Waals surface area contributed by atoms with E-state index in [2.05, 4.69) is 9.88 Å². The first-order valence-corrected chi connectivity index (χ1v) is 5.37. The van der Waals surface area contributed by atoms with Crippen molar-refractivity contribution < 1.29 is 5.11 Å². The summed E-state index contributed by atoms with van der Waals surface area (Å²) in [7, 11) is 0. The molecule has 0 radical (unpaired) electrons. The highest BCUT2D eigenvalue weighted by Crippen LogP contribution is 2.24. The zero-order valence-electron chi connectivity index (χ0n) is 9.06. The van der Waals surface area contributed by atoms with E-state index in [1.807, 2.05) is 0 Å². The number of aromatic nitrogens is 1. The van der Waals surface area contributed by atoms with E-state index in [0.29, 0.717) is 11.5 Å². The van der Waals surface area contributed by atoms with Gasteiger partial charge < -0.3 is 15.7 Å². The molecule has 0 aliphatic carbocycles. The highest BCUT2D eigenvalue weighted by atomic mass is 16.3. The molecule has 86 valence electrons. The van der Waals surface area contributed by atoms with Crippen LogP contribution in [0, 0.1) is 11.3 Å². The van der Waals surface area contributed by atoms with Crippen molar-refractivity contribution >= 4 is 11.7 Å². The first-order chi connectivity index (χ1) is 7.72. The van der Waals surface area contributed by atoms with Gasteiger partial charge >= 0.3 is 0 Å². The lowest BCUT2D eigenvalue weighted by Gasteiger charge is -2.19. The van der Waals surface area contributed by atoms with Gasteiger partial charge in [0.15, 0.2) is 0 Å². The minimum absolute atomic E-state index is 0.0375. The Bertz CT molecular complexity index is 393. The van der Waals surface area contributed by atoms with Crippen molar-refractivity contribution in [1.82, 2.24) is 4.98 Å². The standard InChI is InChI=1S/C11H16N4O/c12-10(13)9-2-1-4-14-11(9)15-5-3-8(6-15)7-16/h1-2,4,8,16H,3,5-7H2,(H3,12,13). The number of aliphatic hydroxyl groups excluding tert-OH is 1. The maximum absolute atomic E-state index is 9.10. The molecule has 1 unspecified atom stereocenters. The number of rotatable bonds is 3. The fourth-order valence-corrected chi connectivity index (χ4v) is 2.03. The van der Waals surface area contributed by atoms with Gasteiger partial charge in [0.05, 0.1) is 5.56 Å². The predicted molar refractivity (Wildman–Crippen MR) is 62.7 cm³/mol. The van der Waals surface area contributed by atoms with Crippen LogP contribution in [0.2, 0.25) is 0 Å². The van der Waals surface area contributed by atoms with Crippen LogP contribution in [0.4, 0.5) is 5.82 Å². The molecule has 1 fully saturated rings. The average Bonchev–Trinajstić information content (AvgIpc) is 2.77. The lowest BCUT2D eigenvalue weighted by atomic mass is 10.1. The van der Waals surface area contributed by atoms with Crippen LogP contribution in [0.15, 0.2) is 18.3 Å². The molecule has 0 aromatic carbocycles. The van der Waals surface area contributed by atoms with Crippen LogP contribution in [-0.2, 0) is 0 Å². The Morgan fingerprint density at radius 2 is 2.50 bits per heavy atom. The molecule has 2 heterocycles. The number of nitrogen functional groups attached to an aromatic ring is 1. The van der Waals surface area contributed by atoms with E-state index in [4.69, 9.17) is 16.2 Å². The molecule has 0 saturated carbocycles. The first kappa shape index (κ1) is 10.9. The van der Waals surface area contributed by atoms with Crippen molar-refractivity contribution in [1.29, 1.82) is 5.41 Å². The van der Waals surface area contributed by atoms with E-state index in [1.54, 1.807) is 18.3 Å². The van der Waals surface area contributed by atoms with Gasteiger partial charge in [0.1, 0.15) is 11.7 Å². The monoisotopic (exact) mass is 220 g/mol. The molecule has 0 bridgehead atoms. The molecule has 16 heavy (non-hydrogen) atoms. The second kappa shape index (κ2) is 4.49. The Hall–Kier alpha value is -1.62. The summed E-state index contributed by atoms with van der Waals surface area (Å²) in [5.74, 6) is 1.10. The normalized spacial score (nSPS) is 20.1. The largest absolute Gasteiger partial charge is 0.396 e. The topological polar surface area (TPSA) is 86.2 Å². The fourth-order valence-electron chi connectivity index (χ4n) is 2.03. The van der Waals surface area contributed by atoms with Gasteiger partial charge in [-0.05, 0) is 18.6 Å². The minimum Gasteiger partial charge on any atom is -0.396 e. The van der Waals surface area contributed by atoms with Gasteiger partial charge in [-0.3, -0.25) is 5.41 Å². The van der Waals surface area contributed by atoms with Crippen molar-refractivity contribution in [2.24, 2.45) is 11.7 Å². The number of hydrogen-bond acceptors (Lipinski definition) is 4. The van der Waals surface area contributed by atoms with Crippen LogP contribution in [0.25, 0.3) is 0 Å². The Labute approximate surface area is 94.4 Å². The summed E-state index contributed by atoms with van der Waals surface area (Å²) in [6.07, 6.45) is 2.67. The average molecular weight is 220 g/mol. The zero-order valence-corrected chi connectivity index (χ0v) is 9.06. The molecule has 1 aliphatic rings. The SMILES string of the molecule is N=C(N)c1cccnc1N1CCC(CO)C1. The lowest BCUT2D eigenvalue weighted by Crippen LogP contribution is -2.25. The Morgan fingerprint density at radius 3 is 3.12 bits per heavy atom. The predicted octanol–water partition coefficient (Wildman–Crippen LogP) is 0.184. The fraction of sp³-hybridized carbons (Fsp3) is 0.455. The molecule has 1 saturated heterocycles. The number of pyridine rings is 1. The van der Waals surface area contributed by atoms with Crippen LogP contribution < -0.4 is 10.6 Å². The molecule has 1 aliphatic heterocycles. The van der Waals surface area contributed by atoms with Gasteiger partial charge in [0.25, 0.3) is 0 Å². The smallest absolute Gasteiger partial charge is 0.139 e. The number of nitrogens with one attached hydrogen (secondary N) is 1. The van der Waals surface area contributed by atoms with Crippen molar-refractivity contribution in [3.8, 4) is 0 Å². The van der Waals surface area contributed by atoms with E-state index in [9.17, 15) is 0 Å². The third-order valence-electron chi connectivity index (χ3n) is 2.92. The zero-order chi connectivity index (χ0) is 11.5. The summed E-state index contributed by atoms with van der Waals surface area (Å²) >= 11 is 0. The van der Waals surface area contributed by atoms with Crippen molar-refractivity contribution in [2.75, 3.05) is 24.6 Å². The van der Waals surface area contributed by atoms with Gasteiger partial charge in [0, 0.05) is 31.8 Å². The maximum atomic E-state index is 9.10. The van der Waals surface area contributed by atoms with Crippen LogP contribution in [0.5, 0.6) is 0 Å². The van der Waals surface area contributed by atoms with Crippen molar-refractivity contribution in [2.45, 2.75) is 6.42 Å². The van der Waals surface area contributed by atoms with E-state index in [0.717, 1.165) is 25.3 Å². The Morgan fingerprint density at radius 1 is 1.69 bits per heavy atom. The number of aliphatic hydroxyl groups is 1. The lowest BCUT2D eigenvalue weighted by molar-refractivity contribution is 0.238. The summed E-state index contributed by atoms with van der Waals surface area (Å²) in [6.45, 7) is 1.86. The third kappa shape index (κ3) is 1.99. The van der Waals surface area contributed by atoms with Crippen LogP contribution in [0.3, 0.4) is 0 Å². The van der Waals surface area contributed by atoms with Crippen LogP contribution in [-0.4, -0.2) is 35.6 Å². The molecule has 1 atom stereocenters. The molecule has 5 heteroatoms. The van der Waals surface area contributed by atoms with Gasteiger partial charge in [-0.15, -0.1) is 0 Å². The first-order valence-electron chi connectivity index (χ1n) is 5.37. The summed E-state index contributed by atoms with van der Waals surface area (Å²) < 4.78 is 0. The maximum Gasteiger partial charge on any atom is 0.139 e. The second-order valence-electron chi connectivity index (χ2n) is 4.07. The molecular weight excluding hydrogens is 204 g/mol. The summed E-state index contributed by atoms with van der Waals surface area (Å²) in [5.41, 5.74) is 6.18. The van der Waals surface area contributed by atoms with Gasteiger partial charge in [-0.2, -0.15) is 0 Å². The van der Waals surface area contributed by atoms with E-state index < -0.39 is 0 Å². The van der Waals surface area contributed by atoms with E-state index >= 15 is 0 Å². The number of anilines is 1. The van der Waals surface area contributed by atoms with E-state index in [1.165, 1.54) is 0 Å². The van der Waals surface area contributed by atoms with Crippen molar-refractivity contribution in [3.05, 3.63) is 23.9 Å². The quantitative estimate of drug-likeness (QED) is 0.501. The molecule has 0 spiro atoms. The van der Waals surface area contributed by atoms with Crippen molar-refractivity contribution in [3.63, 3.8) is 0 Å². The number of hydrogen-bond donors (Lipinski definition) is 3. The summed E-state index contributed by atoms with van der Waals surface area (Å²) in [6, 6.07) is 3.58. The highest BCUT2D eigenvalue weighted by Gasteiger charge is 2.24. The van der Waals surface area contributed by atoms with E-state index in [-0.39, 0.29) is 12.4 Å². The molecule has 1 aromatic rings. The Balaban J connectivity index is 2.24. The number of amidine groups is 1. The van der Waals surface area contributed by atoms with Gasteiger partial charge in [-0.25, -0.2) is 4.98 Å². The Kier molecular flexibility index (Phi) is 3.05. The molecule has 5 nitrogen and oxygen atoms in total. The third-order valence-corrected chi connectivity index (χ3v) is 2.92. The number of nitrogens with zero attached hydrogens (tertiary/aromatic N) is 2. The molecule has 1 aromatic heterocycles. The summed E-state index contributed by atoms with van der Waals surface area (Å²) in [4.78, 5) is 6.36. The summed E-state index contributed by atoms with van der Waals surface area (Å²) in [5, 5.41) is 16.6. The molecule has 0 amide bonds. The number of nitrogens with two attached hydrogens (primary N) is 1. The van der Waals surface area contributed by atoms with Gasteiger partial charge in [-0.1, -0.05) is 0 Å².